The van der Waals surface area contributed by atoms with Gasteiger partial charge in [0, 0.05) is 11.9 Å². The third-order valence-corrected chi connectivity index (χ3v) is 3.79. The lowest BCUT2D eigenvalue weighted by molar-refractivity contribution is 0.0701. The van der Waals surface area contributed by atoms with Crippen LogP contribution in [0.5, 0.6) is 5.75 Å². The summed E-state index contributed by atoms with van der Waals surface area (Å²) in [5, 5.41) is 1.01. The van der Waals surface area contributed by atoms with Crippen molar-refractivity contribution < 1.29 is 9.47 Å². The highest BCUT2D eigenvalue weighted by molar-refractivity contribution is 9.09. The van der Waals surface area contributed by atoms with Gasteiger partial charge >= 0.3 is 0 Å². The molecule has 0 N–H and O–H groups in total. The molecule has 0 aliphatic rings. The van der Waals surface area contributed by atoms with Gasteiger partial charge in [-0.15, -0.1) is 0 Å². The summed E-state index contributed by atoms with van der Waals surface area (Å²) in [6.07, 6.45) is 2.49. The molecule has 0 fully saturated rings. The van der Waals surface area contributed by atoms with Crippen LogP contribution in [0.4, 0.5) is 0 Å². The molecule has 1 aromatic rings. The number of ether oxygens (including phenoxy) is 2. The van der Waals surface area contributed by atoms with E-state index in [0.29, 0.717) is 12.0 Å². The highest BCUT2D eigenvalue weighted by Gasteiger charge is 2.09. The van der Waals surface area contributed by atoms with E-state index in [-0.39, 0.29) is 0 Å². The maximum absolute atomic E-state index is 5.61. The highest BCUT2D eigenvalue weighted by Crippen LogP contribution is 2.18. The Labute approximate surface area is 119 Å². The average Bonchev–Trinajstić information content (AvgIpc) is 2.38. The van der Waals surface area contributed by atoms with E-state index in [4.69, 9.17) is 9.47 Å². The number of alkyl halides is 1. The van der Waals surface area contributed by atoms with Crippen molar-refractivity contribution in [1.29, 1.82) is 0 Å². The van der Waals surface area contributed by atoms with Gasteiger partial charge in [0.15, 0.2) is 0 Å². The number of hydrogen-bond donors (Lipinski definition) is 0. The van der Waals surface area contributed by atoms with Gasteiger partial charge in [-0.2, -0.15) is 0 Å². The van der Waals surface area contributed by atoms with Crippen molar-refractivity contribution in [3.8, 4) is 5.75 Å². The molecule has 18 heavy (non-hydrogen) atoms. The van der Waals surface area contributed by atoms with Crippen molar-refractivity contribution in [1.82, 2.24) is 0 Å². The molecule has 1 aromatic carbocycles. The van der Waals surface area contributed by atoms with Crippen LogP contribution in [0.25, 0.3) is 0 Å². The van der Waals surface area contributed by atoms with Crippen LogP contribution in [0, 0.1) is 5.92 Å². The Morgan fingerprint density at radius 2 is 1.83 bits per heavy atom. The first-order valence-corrected chi connectivity index (χ1v) is 7.58. The molecule has 0 aromatic heterocycles. The molecule has 3 heteroatoms. The van der Waals surface area contributed by atoms with Crippen LogP contribution < -0.4 is 4.74 Å². The average molecular weight is 315 g/mol. The number of halogens is 1. The number of methoxy groups -OCH3 is 1. The molecule has 0 aliphatic heterocycles. The van der Waals surface area contributed by atoms with Crippen molar-refractivity contribution in [2.24, 2.45) is 5.92 Å². The van der Waals surface area contributed by atoms with Gasteiger partial charge in [0.05, 0.1) is 13.2 Å². The van der Waals surface area contributed by atoms with Crippen LogP contribution in [0.2, 0.25) is 0 Å². The first kappa shape index (κ1) is 15.5. The zero-order valence-corrected chi connectivity index (χ0v) is 13.1. The van der Waals surface area contributed by atoms with Crippen LogP contribution in [-0.2, 0) is 11.2 Å². The fourth-order valence-electron chi connectivity index (χ4n) is 1.80. The molecular weight excluding hydrogens is 292 g/mol. The summed E-state index contributed by atoms with van der Waals surface area (Å²) in [6, 6.07) is 8.31. The molecule has 0 spiro atoms. The zero-order chi connectivity index (χ0) is 13.4. The van der Waals surface area contributed by atoms with Crippen LogP contribution in [0.1, 0.15) is 25.8 Å². The van der Waals surface area contributed by atoms with Crippen LogP contribution in [0.15, 0.2) is 24.3 Å². The van der Waals surface area contributed by atoms with Gasteiger partial charge in [-0.25, -0.2) is 0 Å². The Balaban J connectivity index is 2.41. The largest absolute Gasteiger partial charge is 0.497 e. The Morgan fingerprint density at radius 1 is 1.17 bits per heavy atom. The minimum absolute atomic E-state index is 0.321. The molecule has 2 nitrogen and oxygen atoms in total. The molecule has 1 atom stereocenters. The van der Waals surface area contributed by atoms with Crippen LogP contribution in [0.3, 0.4) is 0 Å². The minimum Gasteiger partial charge on any atom is -0.497 e. The second kappa shape index (κ2) is 8.54. The third-order valence-electron chi connectivity index (χ3n) is 2.88. The summed E-state index contributed by atoms with van der Waals surface area (Å²) < 4.78 is 10.8. The molecule has 0 aliphatic carbocycles. The maximum Gasteiger partial charge on any atom is 0.118 e. The molecule has 0 bridgehead atoms. The van der Waals surface area contributed by atoms with Crippen molar-refractivity contribution in [3.05, 3.63) is 29.8 Å². The molecule has 0 saturated carbocycles. The van der Waals surface area contributed by atoms with Gasteiger partial charge in [0.1, 0.15) is 5.75 Å². The second-order valence-electron chi connectivity index (χ2n) is 4.78. The Morgan fingerprint density at radius 3 is 2.33 bits per heavy atom. The van der Waals surface area contributed by atoms with Gasteiger partial charge < -0.3 is 9.47 Å². The van der Waals surface area contributed by atoms with Gasteiger partial charge in [-0.3, -0.25) is 0 Å². The molecule has 1 unspecified atom stereocenters. The van der Waals surface area contributed by atoms with Crippen molar-refractivity contribution in [2.75, 3.05) is 19.0 Å². The highest BCUT2D eigenvalue weighted by atomic mass is 79.9. The van der Waals surface area contributed by atoms with Crippen molar-refractivity contribution >= 4 is 15.9 Å². The molecule has 0 radical (unpaired) electrons. The molecular formula is C15H23BrO2. The minimum atomic E-state index is 0.321. The van der Waals surface area contributed by atoms with Crippen molar-refractivity contribution in [3.63, 3.8) is 0 Å². The monoisotopic (exact) mass is 314 g/mol. The van der Waals surface area contributed by atoms with Gasteiger partial charge in [0.2, 0.25) is 0 Å². The van der Waals surface area contributed by atoms with Gasteiger partial charge in [-0.05, 0) is 50.3 Å². The first-order chi connectivity index (χ1) is 8.65. The standard InChI is InChI=1S/C15H23BrO2/c1-12(2)18-9-8-14(11-16)10-13-4-6-15(17-3)7-5-13/h4-7,12,14H,8-11H2,1-3H3. The van der Waals surface area contributed by atoms with Gasteiger partial charge in [0.25, 0.3) is 0 Å². The van der Waals surface area contributed by atoms with E-state index in [1.165, 1.54) is 5.56 Å². The summed E-state index contributed by atoms with van der Waals surface area (Å²) in [7, 11) is 1.69. The molecule has 1 rings (SSSR count). The van der Waals surface area contributed by atoms with Crippen molar-refractivity contribution in [2.45, 2.75) is 32.8 Å². The lowest BCUT2D eigenvalue weighted by Crippen LogP contribution is -2.12. The fourth-order valence-corrected chi connectivity index (χ4v) is 2.35. The second-order valence-corrected chi connectivity index (χ2v) is 5.43. The Bertz CT molecular complexity index is 322. The van der Waals surface area contributed by atoms with E-state index in [2.05, 4.69) is 41.9 Å². The Kier molecular flexibility index (Phi) is 7.36. The zero-order valence-electron chi connectivity index (χ0n) is 11.5. The molecule has 0 heterocycles. The van der Waals surface area contributed by atoms with E-state index in [1.807, 2.05) is 12.1 Å². The molecule has 0 saturated heterocycles. The summed E-state index contributed by atoms with van der Waals surface area (Å²) >= 11 is 3.59. The lowest BCUT2D eigenvalue weighted by atomic mass is 9.98. The maximum atomic E-state index is 5.61. The predicted octanol–water partition coefficient (Wildman–Crippen LogP) is 4.06. The van der Waals surface area contributed by atoms with E-state index < -0.39 is 0 Å². The normalized spacial score (nSPS) is 12.7. The summed E-state index contributed by atoms with van der Waals surface area (Å²) in [5.74, 6) is 1.54. The SMILES string of the molecule is COc1ccc(CC(CBr)CCOC(C)C)cc1. The fraction of sp³-hybridized carbons (Fsp3) is 0.600. The number of hydrogen-bond acceptors (Lipinski definition) is 2. The Hall–Kier alpha value is -0.540. The van der Waals surface area contributed by atoms with Crippen LogP contribution >= 0.6 is 15.9 Å². The first-order valence-electron chi connectivity index (χ1n) is 6.46. The van der Waals surface area contributed by atoms with E-state index in [1.54, 1.807) is 7.11 Å². The number of benzene rings is 1. The predicted molar refractivity (Wildman–Crippen MR) is 79.7 cm³/mol. The lowest BCUT2D eigenvalue weighted by Gasteiger charge is -2.15. The van der Waals surface area contributed by atoms with Gasteiger partial charge in [-0.1, -0.05) is 28.1 Å². The third kappa shape index (κ3) is 5.87. The summed E-state index contributed by atoms with van der Waals surface area (Å²) in [4.78, 5) is 0. The molecule has 102 valence electrons. The topological polar surface area (TPSA) is 18.5 Å². The molecule has 0 amide bonds. The quantitative estimate of drug-likeness (QED) is 0.674. The van der Waals surface area contributed by atoms with E-state index in [0.717, 1.165) is 30.5 Å². The van der Waals surface area contributed by atoms with Crippen LogP contribution in [-0.4, -0.2) is 25.2 Å². The van der Waals surface area contributed by atoms with E-state index >= 15 is 0 Å². The van der Waals surface area contributed by atoms with E-state index in [9.17, 15) is 0 Å². The smallest absolute Gasteiger partial charge is 0.118 e. The summed E-state index contributed by atoms with van der Waals surface area (Å²) in [5.41, 5.74) is 1.35. The number of rotatable bonds is 8. The summed E-state index contributed by atoms with van der Waals surface area (Å²) in [6.45, 7) is 4.99.